The second kappa shape index (κ2) is 7.27. The van der Waals surface area contributed by atoms with Crippen LogP contribution in [-0.4, -0.2) is 35.4 Å². The zero-order valence-corrected chi connectivity index (χ0v) is 12.6. The Balaban J connectivity index is 1.96. The van der Waals surface area contributed by atoms with Crippen LogP contribution in [0.15, 0.2) is 18.3 Å². The maximum absolute atomic E-state index is 12.5. The molecule has 110 valence electrons. The number of aromatic nitrogens is 1. The number of carbonyl (C=O) groups is 1. The second-order valence-electron chi connectivity index (χ2n) is 5.48. The fourth-order valence-corrected chi connectivity index (χ4v) is 2.86. The van der Waals surface area contributed by atoms with E-state index in [1.807, 2.05) is 17.9 Å². The first-order valence-electron chi connectivity index (χ1n) is 7.73. The van der Waals surface area contributed by atoms with Crippen LogP contribution in [0.3, 0.4) is 0 Å². The highest BCUT2D eigenvalue weighted by molar-refractivity contribution is 5.94. The fourth-order valence-electron chi connectivity index (χ4n) is 2.86. The first kappa shape index (κ1) is 14.8. The second-order valence-corrected chi connectivity index (χ2v) is 5.48. The van der Waals surface area contributed by atoms with Crippen molar-refractivity contribution in [1.29, 1.82) is 0 Å². The number of likely N-dealkylation sites (tertiary alicyclic amines) is 1. The molecule has 0 aromatic carbocycles. The quantitative estimate of drug-likeness (QED) is 0.897. The van der Waals surface area contributed by atoms with E-state index in [0.29, 0.717) is 0 Å². The average molecular weight is 275 g/mol. The van der Waals surface area contributed by atoms with E-state index in [2.05, 4.69) is 17.2 Å². The summed E-state index contributed by atoms with van der Waals surface area (Å²) in [7, 11) is 0. The van der Waals surface area contributed by atoms with E-state index in [0.717, 1.165) is 49.8 Å². The predicted octanol–water partition coefficient (Wildman–Crippen LogP) is 3.17. The minimum Gasteiger partial charge on any atom is -0.370 e. The van der Waals surface area contributed by atoms with Crippen molar-refractivity contribution in [2.24, 2.45) is 5.92 Å². The van der Waals surface area contributed by atoms with Gasteiger partial charge in [-0.1, -0.05) is 19.8 Å². The summed E-state index contributed by atoms with van der Waals surface area (Å²) in [4.78, 5) is 18.7. The molecule has 4 heteroatoms. The Morgan fingerprint density at radius 2 is 2.15 bits per heavy atom. The van der Waals surface area contributed by atoms with Gasteiger partial charge >= 0.3 is 0 Å². The van der Waals surface area contributed by atoms with Gasteiger partial charge in [-0.15, -0.1) is 0 Å². The molecule has 0 aliphatic carbocycles. The molecule has 0 radical (unpaired) electrons. The molecule has 1 aliphatic rings. The van der Waals surface area contributed by atoms with E-state index in [9.17, 15) is 4.79 Å². The molecular formula is C16H25N3O. The number of hydrogen-bond donors (Lipinski definition) is 1. The van der Waals surface area contributed by atoms with Gasteiger partial charge in [0.25, 0.3) is 5.91 Å². The van der Waals surface area contributed by atoms with Crippen LogP contribution in [-0.2, 0) is 0 Å². The van der Waals surface area contributed by atoms with Crippen LogP contribution in [0, 0.1) is 5.92 Å². The van der Waals surface area contributed by atoms with Gasteiger partial charge in [-0.3, -0.25) is 4.79 Å². The molecular weight excluding hydrogens is 250 g/mol. The lowest BCUT2D eigenvalue weighted by Crippen LogP contribution is -2.38. The number of hydrogen-bond acceptors (Lipinski definition) is 3. The van der Waals surface area contributed by atoms with Crippen molar-refractivity contribution in [2.45, 2.75) is 39.5 Å². The third-order valence-corrected chi connectivity index (χ3v) is 3.96. The molecule has 1 aliphatic heterocycles. The molecule has 2 heterocycles. The SMILES string of the molecule is CCCC1CCN(C(=O)c2ccnc(NCC)c2)CC1. The van der Waals surface area contributed by atoms with E-state index in [1.165, 1.54) is 12.8 Å². The van der Waals surface area contributed by atoms with Crippen molar-refractivity contribution in [3.8, 4) is 0 Å². The van der Waals surface area contributed by atoms with Crippen molar-refractivity contribution in [3.63, 3.8) is 0 Å². The van der Waals surface area contributed by atoms with Crippen LogP contribution in [0.5, 0.6) is 0 Å². The van der Waals surface area contributed by atoms with Gasteiger partial charge in [0, 0.05) is 31.4 Å². The van der Waals surface area contributed by atoms with E-state index >= 15 is 0 Å². The van der Waals surface area contributed by atoms with E-state index in [-0.39, 0.29) is 5.91 Å². The molecule has 0 unspecified atom stereocenters. The summed E-state index contributed by atoms with van der Waals surface area (Å²) < 4.78 is 0. The number of nitrogens with one attached hydrogen (secondary N) is 1. The number of pyridine rings is 1. The Labute approximate surface area is 121 Å². The number of piperidine rings is 1. The first-order valence-corrected chi connectivity index (χ1v) is 7.73. The molecule has 0 spiro atoms. The van der Waals surface area contributed by atoms with Gasteiger partial charge in [-0.25, -0.2) is 4.98 Å². The van der Waals surface area contributed by atoms with Crippen LogP contribution in [0.1, 0.15) is 49.9 Å². The average Bonchev–Trinajstić information content (AvgIpc) is 2.48. The van der Waals surface area contributed by atoms with Gasteiger partial charge < -0.3 is 10.2 Å². The van der Waals surface area contributed by atoms with Crippen LogP contribution < -0.4 is 5.32 Å². The van der Waals surface area contributed by atoms with E-state index in [1.54, 1.807) is 12.3 Å². The highest BCUT2D eigenvalue weighted by Gasteiger charge is 2.23. The summed E-state index contributed by atoms with van der Waals surface area (Å²) in [5.74, 6) is 1.72. The van der Waals surface area contributed by atoms with Crippen LogP contribution in [0.4, 0.5) is 5.82 Å². The van der Waals surface area contributed by atoms with Gasteiger partial charge in [0.2, 0.25) is 0 Å². The summed E-state index contributed by atoms with van der Waals surface area (Å²) in [6.07, 6.45) is 6.53. The lowest BCUT2D eigenvalue weighted by Gasteiger charge is -2.32. The highest BCUT2D eigenvalue weighted by atomic mass is 16.2. The third-order valence-electron chi connectivity index (χ3n) is 3.96. The van der Waals surface area contributed by atoms with Crippen LogP contribution in [0.25, 0.3) is 0 Å². The van der Waals surface area contributed by atoms with Gasteiger partial charge in [-0.05, 0) is 37.8 Å². The van der Waals surface area contributed by atoms with Gasteiger partial charge in [-0.2, -0.15) is 0 Å². The lowest BCUT2D eigenvalue weighted by atomic mass is 9.92. The van der Waals surface area contributed by atoms with Crippen molar-refractivity contribution in [2.75, 3.05) is 25.0 Å². The monoisotopic (exact) mass is 275 g/mol. The zero-order chi connectivity index (χ0) is 14.4. The van der Waals surface area contributed by atoms with Gasteiger partial charge in [0.15, 0.2) is 0 Å². The minimum atomic E-state index is 0.140. The van der Waals surface area contributed by atoms with Crippen molar-refractivity contribution in [3.05, 3.63) is 23.9 Å². The predicted molar refractivity (Wildman–Crippen MR) is 81.9 cm³/mol. The van der Waals surface area contributed by atoms with Crippen LogP contribution >= 0.6 is 0 Å². The molecule has 1 aromatic heterocycles. The summed E-state index contributed by atoms with van der Waals surface area (Å²) >= 11 is 0. The van der Waals surface area contributed by atoms with E-state index < -0.39 is 0 Å². The Morgan fingerprint density at radius 1 is 1.40 bits per heavy atom. The molecule has 1 N–H and O–H groups in total. The Hall–Kier alpha value is -1.58. The van der Waals surface area contributed by atoms with Crippen LogP contribution in [0.2, 0.25) is 0 Å². The smallest absolute Gasteiger partial charge is 0.254 e. The lowest BCUT2D eigenvalue weighted by molar-refractivity contribution is 0.0686. The fraction of sp³-hybridized carbons (Fsp3) is 0.625. The highest BCUT2D eigenvalue weighted by Crippen LogP contribution is 2.23. The largest absolute Gasteiger partial charge is 0.370 e. The van der Waals surface area contributed by atoms with Gasteiger partial charge in [0.1, 0.15) is 5.82 Å². The molecule has 1 saturated heterocycles. The number of rotatable bonds is 5. The maximum Gasteiger partial charge on any atom is 0.254 e. The minimum absolute atomic E-state index is 0.140. The zero-order valence-electron chi connectivity index (χ0n) is 12.6. The van der Waals surface area contributed by atoms with E-state index in [4.69, 9.17) is 0 Å². The standard InChI is InChI=1S/C16H25N3O/c1-3-5-13-7-10-19(11-8-13)16(20)14-6-9-18-15(12-14)17-4-2/h6,9,12-13H,3-5,7-8,10-11H2,1-2H3,(H,17,18). The molecule has 1 fully saturated rings. The Morgan fingerprint density at radius 3 is 2.80 bits per heavy atom. The molecule has 0 atom stereocenters. The number of nitrogens with zero attached hydrogens (tertiary/aromatic N) is 2. The number of carbonyl (C=O) groups excluding carboxylic acids is 1. The molecule has 0 saturated carbocycles. The summed E-state index contributed by atoms with van der Waals surface area (Å²) in [6, 6.07) is 3.66. The Kier molecular flexibility index (Phi) is 5.39. The molecule has 1 amide bonds. The number of anilines is 1. The summed E-state index contributed by atoms with van der Waals surface area (Å²) in [5, 5.41) is 3.15. The van der Waals surface area contributed by atoms with Crippen molar-refractivity contribution >= 4 is 11.7 Å². The third kappa shape index (κ3) is 3.71. The molecule has 4 nitrogen and oxygen atoms in total. The topological polar surface area (TPSA) is 45.2 Å². The van der Waals surface area contributed by atoms with Crippen molar-refractivity contribution in [1.82, 2.24) is 9.88 Å². The van der Waals surface area contributed by atoms with Crippen molar-refractivity contribution < 1.29 is 4.79 Å². The maximum atomic E-state index is 12.5. The number of amides is 1. The molecule has 1 aromatic rings. The summed E-state index contributed by atoms with van der Waals surface area (Å²) in [5.41, 5.74) is 0.741. The first-order chi connectivity index (χ1) is 9.74. The molecule has 20 heavy (non-hydrogen) atoms. The normalized spacial score (nSPS) is 16.2. The summed E-state index contributed by atoms with van der Waals surface area (Å²) in [6.45, 7) is 6.85. The molecule has 2 rings (SSSR count). The molecule has 0 bridgehead atoms. The van der Waals surface area contributed by atoms with Gasteiger partial charge in [0.05, 0.1) is 0 Å². The Bertz CT molecular complexity index is 439.